The molecule has 0 radical (unpaired) electrons. The van der Waals surface area contributed by atoms with Crippen LogP contribution in [-0.4, -0.2) is 34.4 Å². The molecule has 2 unspecified atom stereocenters. The summed E-state index contributed by atoms with van der Waals surface area (Å²) in [5.41, 5.74) is 0. The molecular weight excluding hydrogens is 230 g/mol. The molecule has 2 nitrogen and oxygen atoms in total. The van der Waals surface area contributed by atoms with Crippen molar-refractivity contribution in [3.63, 3.8) is 0 Å². The van der Waals surface area contributed by atoms with E-state index in [1.165, 1.54) is 25.7 Å². The highest BCUT2D eigenvalue weighted by atomic mass is 32.2. The third kappa shape index (κ3) is 2.23. The fourth-order valence-electron chi connectivity index (χ4n) is 3.77. The van der Waals surface area contributed by atoms with E-state index in [4.69, 9.17) is 0 Å². The predicted octanol–water partition coefficient (Wildman–Crippen LogP) is 2.78. The van der Waals surface area contributed by atoms with Crippen molar-refractivity contribution in [2.24, 2.45) is 17.8 Å². The molecule has 0 spiro atoms. The smallest absolute Gasteiger partial charge is 0.226 e. The normalized spacial score (nSPS) is 39.6. The largest absolute Gasteiger partial charge is 0.340 e. The molecular formula is C14H23NOS. The summed E-state index contributed by atoms with van der Waals surface area (Å²) in [6.45, 7) is 6.45. The predicted molar refractivity (Wildman–Crippen MR) is 72.1 cm³/mol. The quantitative estimate of drug-likeness (QED) is 0.716. The number of rotatable bonds is 1. The Labute approximate surface area is 109 Å². The Balaban J connectivity index is 1.63. The van der Waals surface area contributed by atoms with Crippen LogP contribution < -0.4 is 0 Å². The number of thioether (sulfide) groups is 1. The minimum absolute atomic E-state index is 0.258. The molecule has 3 fully saturated rings. The standard InChI is InChI=1S/C14H23NOS/c1-14(2)9-15(7-8-17-14)13(16)12-10-5-3-4-6-11(10)12/h10-12H,3-9H2,1-2H3. The van der Waals surface area contributed by atoms with Crippen molar-refractivity contribution in [2.75, 3.05) is 18.8 Å². The SMILES string of the molecule is CC1(C)CN(C(=O)C2C3CCCCC32)CCS1. The molecule has 3 heteroatoms. The maximum Gasteiger partial charge on any atom is 0.226 e. The molecule has 1 saturated heterocycles. The summed E-state index contributed by atoms with van der Waals surface area (Å²) in [4.78, 5) is 14.7. The third-order valence-corrected chi connectivity index (χ3v) is 5.98. The Hall–Kier alpha value is -0.180. The van der Waals surface area contributed by atoms with Gasteiger partial charge in [-0.15, -0.1) is 0 Å². The van der Waals surface area contributed by atoms with Gasteiger partial charge in [0.05, 0.1) is 0 Å². The highest BCUT2D eigenvalue weighted by Gasteiger charge is 2.56. The van der Waals surface area contributed by atoms with E-state index in [0.29, 0.717) is 11.8 Å². The number of fused-ring (bicyclic) bond motifs is 1. The number of nitrogens with zero attached hydrogens (tertiary/aromatic N) is 1. The fourth-order valence-corrected chi connectivity index (χ4v) is 4.89. The first-order valence-corrected chi connectivity index (χ1v) is 8.00. The van der Waals surface area contributed by atoms with Crippen LogP contribution in [0.15, 0.2) is 0 Å². The van der Waals surface area contributed by atoms with E-state index in [1.54, 1.807) is 0 Å². The van der Waals surface area contributed by atoms with Crippen LogP contribution in [0.5, 0.6) is 0 Å². The highest BCUT2D eigenvalue weighted by molar-refractivity contribution is 8.00. The Morgan fingerprint density at radius 1 is 1.24 bits per heavy atom. The van der Waals surface area contributed by atoms with Gasteiger partial charge in [-0.1, -0.05) is 12.8 Å². The van der Waals surface area contributed by atoms with Gasteiger partial charge in [0, 0.05) is 29.5 Å². The minimum Gasteiger partial charge on any atom is -0.340 e. The first-order chi connectivity index (χ1) is 8.08. The van der Waals surface area contributed by atoms with Crippen LogP contribution in [0.1, 0.15) is 39.5 Å². The van der Waals surface area contributed by atoms with Gasteiger partial charge in [0.2, 0.25) is 5.91 Å². The van der Waals surface area contributed by atoms with Gasteiger partial charge in [-0.3, -0.25) is 4.79 Å². The molecule has 1 amide bonds. The first kappa shape index (κ1) is 11.9. The van der Waals surface area contributed by atoms with Crippen LogP contribution in [0.3, 0.4) is 0 Å². The number of hydrogen-bond acceptors (Lipinski definition) is 2. The number of amides is 1. The van der Waals surface area contributed by atoms with E-state index in [2.05, 4.69) is 18.7 Å². The molecule has 3 rings (SSSR count). The lowest BCUT2D eigenvalue weighted by Crippen LogP contribution is -2.47. The number of hydrogen-bond donors (Lipinski definition) is 0. The summed E-state index contributed by atoms with van der Waals surface area (Å²) in [7, 11) is 0. The molecule has 1 heterocycles. The lowest BCUT2D eigenvalue weighted by atomic mass is 10.0. The van der Waals surface area contributed by atoms with Gasteiger partial charge in [0.25, 0.3) is 0 Å². The fraction of sp³-hybridized carbons (Fsp3) is 0.929. The zero-order valence-corrected chi connectivity index (χ0v) is 11.8. The minimum atomic E-state index is 0.258. The average Bonchev–Trinajstić information content (AvgIpc) is 3.01. The Morgan fingerprint density at radius 3 is 2.47 bits per heavy atom. The Kier molecular flexibility index (Phi) is 2.92. The molecule has 0 N–H and O–H groups in total. The van der Waals surface area contributed by atoms with Gasteiger partial charge in [-0.25, -0.2) is 0 Å². The maximum absolute atomic E-state index is 12.5. The zero-order valence-electron chi connectivity index (χ0n) is 10.9. The summed E-state index contributed by atoms with van der Waals surface area (Å²) < 4.78 is 0.258. The molecule has 2 aliphatic carbocycles. The molecule has 0 aromatic rings. The van der Waals surface area contributed by atoms with E-state index >= 15 is 0 Å². The summed E-state index contributed by atoms with van der Waals surface area (Å²) >= 11 is 2.01. The van der Waals surface area contributed by atoms with E-state index in [9.17, 15) is 4.79 Å². The second-order valence-electron chi connectivity index (χ2n) is 6.51. The van der Waals surface area contributed by atoms with Crippen molar-refractivity contribution in [2.45, 2.75) is 44.3 Å². The van der Waals surface area contributed by atoms with Crippen molar-refractivity contribution < 1.29 is 4.79 Å². The van der Waals surface area contributed by atoms with Crippen molar-refractivity contribution in [3.8, 4) is 0 Å². The lowest BCUT2D eigenvalue weighted by Gasteiger charge is -2.37. The molecule has 3 aliphatic rings. The summed E-state index contributed by atoms with van der Waals surface area (Å²) in [6.07, 6.45) is 5.33. The van der Waals surface area contributed by atoms with Gasteiger partial charge in [-0.05, 0) is 38.5 Å². The van der Waals surface area contributed by atoms with Gasteiger partial charge < -0.3 is 4.90 Å². The van der Waals surface area contributed by atoms with E-state index in [0.717, 1.165) is 30.7 Å². The van der Waals surface area contributed by atoms with Crippen LogP contribution in [0, 0.1) is 17.8 Å². The molecule has 0 aromatic carbocycles. The van der Waals surface area contributed by atoms with Crippen LogP contribution in [0.4, 0.5) is 0 Å². The van der Waals surface area contributed by atoms with Crippen LogP contribution in [0.2, 0.25) is 0 Å². The van der Waals surface area contributed by atoms with E-state index in [-0.39, 0.29) is 4.75 Å². The third-order valence-electron chi connectivity index (χ3n) is 4.68. The van der Waals surface area contributed by atoms with Gasteiger partial charge >= 0.3 is 0 Å². The molecule has 2 atom stereocenters. The first-order valence-electron chi connectivity index (χ1n) is 7.01. The second-order valence-corrected chi connectivity index (χ2v) is 8.31. The van der Waals surface area contributed by atoms with Crippen molar-refractivity contribution in [1.29, 1.82) is 0 Å². The molecule has 1 aliphatic heterocycles. The van der Waals surface area contributed by atoms with Gasteiger partial charge in [0.1, 0.15) is 0 Å². The molecule has 2 saturated carbocycles. The molecule has 96 valence electrons. The van der Waals surface area contributed by atoms with E-state index in [1.807, 2.05) is 11.8 Å². The number of carbonyl (C=O) groups is 1. The Bertz CT molecular complexity index is 316. The van der Waals surface area contributed by atoms with Crippen molar-refractivity contribution >= 4 is 17.7 Å². The monoisotopic (exact) mass is 253 g/mol. The number of carbonyl (C=O) groups excluding carboxylic acids is 1. The van der Waals surface area contributed by atoms with Crippen molar-refractivity contribution in [1.82, 2.24) is 4.90 Å². The zero-order chi connectivity index (χ0) is 12.0. The van der Waals surface area contributed by atoms with Gasteiger partial charge in [0.15, 0.2) is 0 Å². The van der Waals surface area contributed by atoms with Crippen molar-refractivity contribution in [3.05, 3.63) is 0 Å². The average molecular weight is 253 g/mol. The summed E-state index contributed by atoms with van der Waals surface area (Å²) in [5.74, 6) is 3.52. The molecule has 0 bridgehead atoms. The van der Waals surface area contributed by atoms with E-state index < -0.39 is 0 Å². The van der Waals surface area contributed by atoms with Crippen LogP contribution in [-0.2, 0) is 4.79 Å². The summed E-state index contributed by atoms with van der Waals surface area (Å²) in [5, 5.41) is 0. The van der Waals surface area contributed by atoms with Gasteiger partial charge in [-0.2, -0.15) is 11.8 Å². The second kappa shape index (κ2) is 4.18. The van der Waals surface area contributed by atoms with Crippen LogP contribution >= 0.6 is 11.8 Å². The molecule has 0 aromatic heterocycles. The highest BCUT2D eigenvalue weighted by Crippen LogP contribution is 2.56. The van der Waals surface area contributed by atoms with Crippen LogP contribution in [0.25, 0.3) is 0 Å². The summed E-state index contributed by atoms with van der Waals surface area (Å²) in [6, 6.07) is 0. The Morgan fingerprint density at radius 2 is 1.88 bits per heavy atom. The lowest BCUT2D eigenvalue weighted by molar-refractivity contribution is -0.133. The molecule has 17 heavy (non-hydrogen) atoms. The maximum atomic E-state index is 12.5. The topological polar surface area (TPSA) is 20.3 Å².